The first kappa shape index (κ1) is 27.6. The van der Waals surface area contributed by atoms with Crippen LogP contribution in [0.1, 0.15) is 55.4 Å². The van der Waals surface area contributed by atoms with E-state index in [1.165, 1.54) is 6.92 Å². The van der Waals surface area contributed by atoms with Crippen LogP contribution in [-0.4, -0.2) is 57.0 Å². The number of halogens is 3. The van der Waals surface area contributed by atoms with E-state index in [1.807, 2.05) is 13.8 Å². The lowest BCUT2D eigenvalue weighted by atomic mass is 9.44. The molecule has 9 atom stereocenters. The lowest BCUT2D eigenvalue weighted by molar-refractivity contribution is -0.209. The zero-order chi connectivity index (χ0) is 27.8. The maximum Gasteiger partial charge on any atom is 0.350 e. The topological polar surface area (TPSA) is 93.6 Å². The molecule has 0 amide bonds. The standard InChI is InChI=1S/C27H30F3NO5S2/c1-12-5-15-16-8-19(29)17-6-14(32)7-18(24(35)37-10-28)26(17,4)27(16,30)20(33)9-25(15,3)22(12)36-23(34)21-13(2)31-11-38-21/h6-7,11-12,15-16,19-20,22,33H,5,8-10H2,1-4H3/t12-,15+,16+,19+,20+,22-,25+,26-,27+/m1/s1. The van der Waals surface area contributed by atoms with Crippen molar-refractivity contribution in [2.75, 3.05) is 6.01 Å². The number of fused-ring (bicyclic) bond motifs is 5. The van der Waals surface area contributed by atoms with Crippen LogP contribution in [0, 0.1) is 35.5 Å². The minimum atomic E-state index is -2.50. The molecule has 0 aromatic carbocycles. The molecule has 3 fully saturated rings. The number of ether oxygens (including phenoxy) is 1. The largest absolute Gasteiger partial charge is 0.457 e. The second-order valence-corrected chi connectivity index (χ2v) is 13.2. The molecule has 0 radical (unpaired) electrons. The van der Waals surface area contributed by atoms with Crippen LogP contribution in [0.25, 0.3) is 0 Å². The Hall–Kier alpha value is -1.98. The summed E-state index contributed by atoms with van der Waals surface area (Å²) < 4.78 is 52.7. The maximum atomic E-state index is 17.7. The maximum absolute atomic E-state index is 17.7. The molecule has 0 saturated heterocycles. The van der Waals surface area contributed by atoms with Gasteiger partial charge in [0.05, 0.1) is 22.7 Å². The monoisotopic (exact) mass is 569 g/mol. The molecular formula is C27H30F3NO5S2. The summed E-state index contributed by atoms with van der Waals surface area (Å²) in [5, 5.41) is 10.7. The Morgan fingerprint density at radius 3 is 2.61 bits per heavy atom. The van der Waals surface area contributed by atoms with E-state index in [1.54, 1.807) is 12.4 Å². The van der Waals surface area contributed by atoms with Crippen LogP contribution >= 0.6 is 23.1 Å². The Balaban J connectivity index is 1.57. The number of hydrogen-bond donors (Lipinski definition) is 1. The van der Waals surface area contributed by atoms with Crippen LogP contribution in [0.2, 0.25) is 0 Å². The van der Waals surface area contributed by atoms with E-state index in [-0.39, 0.29) is 41.7 Å². The molecule has 6 nitrogen and oxygen atoms in total. The summed E-state index contributed by atoms with van der Waals surface area (Å²) in [7, 11) is 0. The number of esters is 1. The summed E-state index contributed by atoms with van der Waals surface area (Å²) in [4.78, 5) is 42.8. The average Bonchev–Trinajstić information content (AvgIpc) is 3.38. The molecule has 206 valence electrons. The Morgan fingerprint density at radius 1 is 1.26 bits per heavy atom. The van der Waals surface area contributed by atoms with E-state index < -0.39 is 69.6 Å². The number of thioether (sulfide) groups is 1. The highest BCUT2D eigenvalue weighted by Crippen LogP contribution is 2.70. The third-order valence-electron chi connectivity index (χ3n) is 9.62. The van der Waals surface area contributed by atoms with Crippen LogP contribution < -0.4 is 0 Å². The van der Waals surface area contributed by atoms with Crippen molar-refractivity contribution in [3.8, 4) is 0 Å². The highest BCUT2D eigenvalue weighted by atomic mass is 32.2. The van der Waals surface area contributed by atoms with Gasteiger partial charge >= 0.3 is 5.97 Å². The fourth-order valence-corrected chi connectivity index (χ4v) is 9.16. The minimum Gasteiger partial charge on any atom is -0.457 e. The smallest absolute Gasteiger partial charge is 0.350 e. The molecule has 4 aliphatic rings. The number of hydrogen-bond acceptors (Lipinski definition) is 8. The average molecular weight is 570 g/mol. The molecule has 0 aliphatic heterocycles. The number of ketones is 1. The highest BCUT2D eigenvalue weighted by molar-refractivity contribution is 8.14. The predicted octanol–water partition coefficient (Wildman–Crippen LogP) is 5.10. The molecular weight excluding hydrogens is 539 g/mol. The van der Waals surface area contributed by atoms with Crippen LogP contribution in [-0.2, 0) is 14.3 Å². The molecule has 1 aromatic heterocycles. The first-order chi connectivity index (χ1) is 17.8. The molecule has 0 unspecified atom stereocenters. The molecule has 5 rings (SSSR count). The Bertz CT molecular complexity index is 1260. The van der Waals surface area contributed by atoms with Gasteiger partial charge in [-0.2, -0.15) is 0 Å². The van der Waals surface area contributed by atoms with Crippen molar-refractivity contribution < 1.29 is 37.4 Å². The quantitative estimate of drug-likeness (QED) is 0.505. The summed E-state index contributed by atoms with van der Waals surface area (Å²) in [5.74, 6) is -2.93. The van der Waals surface area contributed by atoms with Gasteiger partial charge in [-0.1, -0.05) is 13.8 Å². The fourth-order valence-electron chi connectivity index (χ4n) is 7.96. The number of carbonyl (C=O) groups is 3. The van der Waals surface area contributed by atoms with Crippen molar-refractivity contribution in [2.45, 2.75) is 71.0 Å². The summed E-state index contributed by atoms with van der Waals surface area (Å²) in [5.41, 5.74) is -3.75. The van der Waals surface area contributed by atoms with Gasteiger partial charge in [0, 0.05) is 16.9 Å². The minimum absolute atomic E-state index is 0.0971. The van der Waals surface area contributed by atoms with Gasteiger partial charge in [0.25, 0.3) is 0 Å². The number of alkyl halides is 3. The first-order valence-corrected chi connectivity index (χ1v) is 14.5. The summed E-state index contributed by atoms with van der Waals surface area (Å²) >= 11 is 1.44. The summed E-state index contributed by atoms with van der Waals surface area (Å²) in [6.45, 7) is 6.78. The Morgan fingerprint density at radius 2 is 1.97 bits per heavy atom. The van der Waals surface area contributed by atoms with E-state index in [4.69, 9.17) is 4.74 Å². The number of aryl methyl sites for hydroxylation is 1. The van der Waals surface area contributed by atoms with E-state index in [2.05, 4.69) is 4.98 Å². The van der Waals surface area contributed by atoms with Crippen molar-refractivity contribution in [3.05, 3.63) is 39.4 Å². The third kappa shape index (κ3) is 3.63. The fraction of sp³-hybridized carbons (Fsp3) is 0.630. The number of aliphatic hydroxyl groups excluding tert-OH is 1. The zero-order valence-corrected chi connectivity index (χ0v) is 23.1. The molecule has 38 heavy (non-hydrogen) atoms. The summed E-state index contributed by atoms with van der Waals surface area (Å²) in [6, 6.07) is -1.09. The van der Waals surface area contributed by atoms with Crippen molar-refractivity contribution >= 4 is 40.0 Å². The zero-order valence-electron chi connectivity index (χ0n) is 21.5. The van der Waals surface area contributed by atoms with Gasteiger partial charge < -0.3 is 9.84 Å². The Labute approximate surface area is 227 Å². The van der Waals surface area contributed by atoms with Crippen molar-refractivity contribution in [3.63, 3.8) is 0 Å². The van der Waals surface area contributed by atoms with Crippen molar-refractivity contribution in [1.82, 2.24) is 4.98 Å². The normalized spacial score (nSPS) is 41.9. The van der Waals surface area contributed by atoms with Gasteiger partial charge in [0.2, 0.25) is 5.12 Å². The molecule has 1 aromatic rings. The van der Waals surface area contributed by atoms with Crippen molar-refractivity contribution in [1.29, 1.82) is 0 Å². The highest BCUT2D eigenvalue weighted by Gasteiger charge is 2.75. The van der Waals surface area contributed by atoms with Gasteiger partial charge in [-0.05, 0) is 74.4 Å². The molecule has 4 aliphatic carbocycles. The summed E-state index contributed by atoms with van der Waals surface area (Å²) in [6.07, 6.45) is -2.06. The lowest BCUT2D eigenvalue weighted by Gasteiger charge is -2.63. The molecule has 0 spiro atoms. The third-order valence-corrected chi connectivity index (χ3v) is 11.1. The molecule has 1 heterocycles. The van der Waals surface area contributed by atoms with Gasteiger partial charge in [-0.15, -0.1) is 11.3 Å². The van der Waals surface area contributed by atoms with Gasteiger partial charge in [-0.3, -0.25) is 9.59 Å². The van der Waals surface area contributed by atoms with Crippen molar-refractivity contribution in [2.24, 2.45) is 28.6 Å². The van der Waals surface area contributed by atoms with E-state index in [0.717, 1.165) is 23.5 Å². The SMILES string of the molecule is Cc1ncsc1C(=O)O[C@@H]1[C@H](C)C[C@H]2[C@@H]3C[C@H](F)C4=CC(=O)C=C(C(=O)SCF)[C@]4(C)[C@@]3(F)[C@@H](O)C[C@]12C. The van der Waals surface area contributed by atoms with E-state index >= 15 is 8.78 Å². The van der Waals surface area contributed by atoms with Crippen LogP contribution in [0.5, 0.6) is 0 Å². The number of allylic oxidation sites excluding steroid dienone is 3. The molecule has 0 bridgehead atoms. The van der Waals surface area contributed by atoms with Gasteiger partial charge in [0.1, 0.15) is 23.2 Å². The number of nitrogens with zero attached hydrogens (tertiary/aromatic N) is 1. The van der Waals surface area contributed by atoms with E-state index in [0.29, 0.717) is 17.0 Å². The molecule has 11 heteroatoms. The molecule has 1 N–H and O–H groups in total. The van der Waals surface area contributed by atoms with Gasteiger partial charge in [-0.25, -0.2) is 22.9 Å². The number of thiazole rings is 1. The second kappa shape index (κ2) is 9.30. The number of rotatable bonds is 4. The molecule has 3 saturated carbocycles. The first-order valence-electron chi connectivity index (χ1n) is 12.6. The van der Waals surface area contributed by atoms with Crippen LogP contribution in [0.4, 0.5) is 13.2 Å². The predicted molar refractivity (Wildman–Crippen MR) is 137 cm³/mol. The van der Waals surface area contributed by atoms with E-state index in [9.17, 15) is 23.9 Å². The Kier molecular flexibility index (Phi) is 6.75. The number of aromatic nitrogens is 1. The lowest BCUT2D eigenvalue weighted by Crippen LogP contribution is -2.69. The van der Waals surface area contributed by atoms with Crippen LogP contribution in [0.15, 0.2) is 28.8 Å². The number of carbonyl (C=O) groups excluding carboxylic acids is 3. The van der Waals surface area contributed by atoms with Crippen LogP contribution in [0.3, 0.4) is 0 Å². The second-order valence-electron chi connectivity index (χ2n) is 11.4. The van der Waals surface area contributed by atoms with Gasteiger partial charge in [0.15, 0.2) is 11.5 Å². The number of aliphatic hydroxyl groups is 1.